The molecule has 0 saturated heterocycles. The smallest absolute Gasteiger partial charge is 0.00265 e. The Balaban J connectivity index is 3.03. The minimum absolute atomic E-state index is 0.506. The first kappa shape index (κ1) is 21.7. The van der Waals surface area contributed by atoms with Crippen molar-refractivity contribution in [1.82, 2.24) is 0 Å². The van der Waals surface area contributed by atoms with E-state index >= 15 is 0 Å². The Hall–Kier alpha value is 0.690. The van der Waals surface area contributed by atoms with Crippen molar-refractivity contribution in [1.29, 1.82) is 0 Å². The van der Waals surface area contributed by atoms with E-state index in [1.807, 2.05) is 0 Å². The van der Waals surface area contributed by atoms with E-state index in [-0.39, 0.29) is 0 Å². The molecule has 2 heteroatoms. The van der Waals surface area contributed by atoms with Gasteiger partial charge in [-0.1, -0.05) is 95.2 Å². The van der Waals surface area contributed by atoms with Crippen LogP contribution in [0.1, 0.15) is 98.3 Å². The van der Waals surface area contributed by atoms with Gasteiger partial charge < -0.3 is 5.73 Å². The molecule has 4 unspecified atom stereocenters. The van der Waals surface area contributed by atoms with E-state index in [1.165, 1.54) is 75.1 Å². The van der Waals surface area contributed by atoms with E-state index in [1.54, 1.807) is 0 Å². The lowest BCUT2D eigenvalue weighted by Gasteiger charge is -2.53. The first-order chi connectivity index (χ1) is 11.0. The second-order valence-corrected chi connectivity index (χ2v) is 9.37. The lowest BCUT2D eigenvalue weighted by atomic mass is 9.52. The summed E-state index contributed by atoms with van der Waals surface area (Å²) in [4.78, 5) is 0. The van der Waals surface area contributed by atoms with Crippen molar-refractivity contribution >= 4 is 22.6 Å². The van der Waals surface area contributed by atoms with Crippen LogP contribution < -0.4 is 5.73 Å². The molecule has 0 amide bonds. The van der Waals surface area contributed by atoms with Crippen LogP contribution in [0.4, 0.5) is 0 Å². The third-order valence-corrected chi connectivity index (χ3v) is 8.53. The van der Waals surface area contributed by atoms with Gasteiger partial charge in [-0.15, -0.1) is 0 Å². The van der Waals surface area contributed by atoms with Crippen molar-refractivity contribution in [3.05, 3.63) is 0 Å². The van der Waals surface area contributed by atoms with Gasteiger partial charge in [0.05, 0.1) is 0 Å². The van der Waals surface area contributed by atoms with Crippen LogP contribution in [0.3, 0.4) is 0 Å². The maximum Gasteiger partial charge on any atom is 0.00265 e. The second kappa shape index (κ2) is 10.6. The van der Waals surface area contributed by atoms with Gasteiger partial charge in [-0.2, -0.15) is 0 Å². The molecule has 2 N–H and O–H groups in total. The minimum Gasteiger partial charge on any atom is -0.330 e. The predicted molar refractivity (Wildman–Crippen MR) is 113 cm³/mol. The van der Waals surface area contributed by atoms with Crippen molar-refractivity contribution in [3.8, 4) is 0 Å². The maximum atomic E-state index is 6.24. The molecular weight excluding hydrogens is 393 g/mol. The monoisotopic (exact) mass is 435 g/mol. The fourth-order valence-electron chi connectivity index (χ4n) is 5.25. The van der Waals surface area contributed by atoms with Gasteiger partial charge in [0.25, 0.3) is 0 Å². The molecule has 1 aliphatic rings. The molecule has 0 heterocycles. The first-order valence-corrected chi connectivity index (χ1v) is 11.8. The average Bonchev–Trinajstić information content (AvgIpc) is 2.73. The lowest BCUT2D eigenvalue weighted by molar-refractivity contribution is -0.0303. The summed E-state index contributed by atoms with van der Waals surface area (Å²) in [6.45, 7) is 10.8. The average molecular weight is 435 g/mol. The van der Waals surface area contributed by atoms with E-state index in [4.69, 9.17) is 5.73 Å². The van der Waals surface area contributed by atoms with Crippen LogP contribution in [-0.2, 0) is 0 Å². The third kappa shape index (κ3) is 5.33. The molecule has 1 nitrogen and oxygen atoms in total. The van der Waals surface area contributed by atoms with Gasteiger partial charge in [0.15, 0.2) is 0 Å². The molecule has 138 valence electrons. The van der Waals surface area contributed by atoms with Crippen molar-refractivity contribution in [3.63, 3.8) is 0 Å². The van der Waals surface area contributed by atoms with Crippen LogP contribution >= 0.6 is 22.6 Å². The van der Waals surface area contributed by atoms with E-state index in [0.29, 0.717) is 10.8 Å². The van der Waals surface area contributed by atoms with Gasteiger partial charge in [0.1, 0.15) is 0 Å². The maximum absolute atomic E-state index is 6.24. The molecule has 0 spiro atoms. The lowest BCUT2D eigenvalue weighted by Crippen LogP contribution is -2.46. The highest BCUT2D eigenvalue weighted by Crippen LogP contribution is 2.59. The SMILES string of the molecule is CCCCCC(CN)CC1(C(C)CI)CCCCCC1(C)CC. The van der Waals surface area contributed by atoms with Gasteiger partial charge in [-0.25, -0.2) is 0 Å². The van der Waals surface area contributed by atoms with Crippen molar-refractivity contribution < 1.29 is 0 Å². The van der Waals surface area contributed by atoms with E-state index in [0.717, 1.165) is 18.4 Å². The van der Waals surface area contributed by atoms with Gasteiger partial charge >= 0.3 is 0 Å². The van der Waals surface area contributed by atoms with Crippen LogP contribution in [0.25, 0.3) is 0 Å². The third-order valence-electron chi connectivity index (χ3n) is 7.21. The highest BCUT2D eigenvalue weighted by molar-refractivity contribution is 14.1. The van der Waals surface area contributed by atoms with Crippen molar-refractivity contribution in [2.24, 2.45) is 28.4 Å². The van der Waals surface area contributed by atoms with Gasteiger partial charge in [-0.3, -0.25) is 0 Å². The molecular formula is C21H42IN. The molecule has 1 aliphatic carbocycles. The topological polar surface area (TPSA) is 26.0 Å². The summed E-state index contributed by atoms with van der Waals surface area (Å²) in [6, 6.07) is 0. The van der Waals surface area contributed by atoms with E-state index < -0.39 is 0 Å². The molecule has 1 rings (SSSR count). The zero-order valence-corrected chi connectivity index (χ0v) is 18.5. The fourth-order valence-corrected chi connectivity index (χ4v) is 6.09. The first-order valence-electron chi connectivity index (χ1n) is 10.3. The van der Waals surface area contributed by atoms with Crippen LogP contribution in [0.2, 0.25) is 0 Å². The highest BCUT2D eigenvalue weighted by Gasteiger charge is 2.50. The molecule has 0 radical (unpaired) electrons. The van der Waals surface area contributed by atoms with Gasteiger partial charge in [0.2, 0.25) is 0 Å². The number of nitrogens with two attached hydrogens (primary N) is 1. The van der Waals surface area contributed by atoms with E-state index in [9.17, 15) is 0 Å². The van der Waals surface area contributed by atoms with Crippen LogP contribution in [-0.4, -0.2) is 11.0 Å². The zero-order valence-electron chi connectivity index (χ0n) is 16.3. The molecule has 1 saturated carbocycles. The molecule has 0 aliphatic heterocycles. The fraction of sp³-hybridized carbons (Fsp3) is 1.00. The normalized spacial score (nSPS) is 31.6. The number of hydrogen-bond acceptors (Lipinski definition) is 1. The quantitative estimate of drug-likeness (QED) is 0.171. The number of unbranched alkanes of at least 4 members (excludes halogenated alkanes) is 2. The largest absolute Gasteiger partial charge is 0.330 e. The molecule has 0 aromatic carbocycles. The van der Waals surface area contributed by atoms with E-state index in [2.05, 4.69) is 50.3 Å². The summed E-state index contributed by atoms with van der Waals surface area (Å²) in [5, 5.41) is 0. The molecule has 0 aromatic heterocycles. The Bertz CT molecular complexity index is 319. The summed E-state index contributed by atoms with van der Waals surface area (Å²) >= 11 is 2.63. The summed E-state index contributed by atoms with van der Waals surface area (Å²) in [5.74, 6) is 1.54. The summed E-state index contributed by atoms with van der Waals surface area (Å²) in [5.41, 5.74) is 7.26. The zero-order chi connectivity index (χ0) is 17.3. The second-order valence-electron chi connectivity index (χ2n) is 8.49. The predicted octanol–water partition coefficient (Wildman–Crippen LogP) is 6.97. The van der Waals surface area contributed by atoms with Crippen LogP contribution in [0, 0.1) is 22.7 Å². The Kier molecular flexibility index (Phi) is 10.0. The Labute approximate surface area is 160 Å². The standard InChI is InChI=1S/C21H42IN/c1-5-7-9-12-19(17-23)15-21(18(3)16-22)14-11-8-10-13-20(21,4)6-2/h18-19H,5-17,23H2,1-4H3. The number of halogens is 1. The van der Waals surface area contributed by atoms with Crippen molar-refractivity contribution in [2.75, 3.05) is 11.0 Å². The number of hydrogen-bond donors (Lipinski definition) is 1. The number of rotatable bonds is 10. The highest BCUT2D eigenvalue weighted by atomic mass is 127. The summed E-state index contributed by atoms with van der Waals surface area (Å²) in [7, 11) is 0. The summed E-state index contributed by atoms with van der Waals surface area (Å²) in [6.07, 6.45) is 15.3. The summed E-state index contributed by atoms with van der Waals surface area (Å²) < 4.78 is 1.29. The van der Waals surface area contributed by atoms with Gasteiger partial charge in [0, 0.05) is 4.43 Å². The van der Waals surface area contributed by atoms with Crippen molar-refractivity contribution in [2.45, 2.75) is 98.3 Å². The molecule has 1 fully saturated rings. The van der Waals surface area contributed by atoms with Gasteiger partial charge in [-0.05, 0) is 54.9 Å². The molecule has 0 bridgehead atoms. The molecule has 0 aromatic rings. The number of alkyl halides is 1. The van der Waals surface area contributed by atoms with Crippen LogP contribution in [0.15, 0.2) is 0 Å². The minimum atomic E-state index is 0.506. The molecule has 23 heavy (non-hydrogen) atoms. The molecule has 4 atom stereocenters. The van der Waals surface area contributed by atoms with Crippen LogP contribution in [0.5, 0.6) is 0 Å². The Morgan fingerprint density at radius 1 is 1.09 bits per heavy atom. The Morgan fingerprint density at radius 2 is 1.78 bits per heavy atom. The Morgan fingerprint density at radius 3 is 2.35 bits per heavy atom.